The highest BCUT2D eigenvalue weighted by atomic mass is 16.5. The number of amides is 1. The lowest BCUT2D eigenvalue weighted by molar-refractivity contribution is 0.0697. The van der Waals surface area contributed by atoms with Gasteiger partial charge < -0.3 is 9.84 Å². The normalized spacial score (nSPS) is 10.2. The van der Waals surface area contributed by atoms with E-state index in [9.17, 15) is 9.59 Å². The van der Waals surface area contributed by atoms with Gasteiger partial charge in [0.15, 0.2) is 0 Å². The van der Waals surface area contributed by atoms with Crippen molar-refractivity contribution in [2.45, 2.75) is 13.0 Å². The van der Waals surface area contributed by atoms with Crippen LogP contribution in [0.25, 0.3) is 0 Å². The summed E-state index contributed by atoms with van der Waals surface area (Å²) >= 11 is 0. The van der Waals surface area contributed by atoms with Crippen molar-refractivity contribution < 1.29 is 19.4 Å². The van der Waals surface area contributed by atoms with E-state index in [1.165, 1.54) is 0 Å². The highest BCUT2D eigenvalue weighted by Gasteiger charge is 2.05. The van der Waals surface area contributed by atoms with E-state index < -0.39 is 12.1 Å². The first-order chi connectivity index (χ1) is 13.1. The number of carboxylic acids is 1. The van der Waals surface area contributed by atoms with Gasteiger partial charge >= 0.3 is 12.1 Å². The summed E-state index contributed by atoms with van der Waals surface area (Å²) in [5.74, 6) is -0.934. The van der Waals surface area contributed by atoms with Crippen LogP contribution in [0.2, 0.25) is 0 Å². The van der Waals surface area contributed by atoms with Crippen LogP contribution in [0, 0.1) is 0 Å². The van der Waals surface area contributed by atoms with Crippen molar-refractivity contribution in [3.8, 4) is 0 Å². The fourth-order valence-electron chi connectivity index (χ4n) is 2.58. The molecule has 0 radical (unpaired) electrons. The van der Waals surface area contributed by atoms with Crippen molar-refractivity contribution >= 4 is 17.7 Å². The Morgan fingerprint density at radius 1 is 0.778 bits per heavy atom. The fourth-order valence-corrected chi connectivity index (χ4v) is 2.58. The maximum atomic E-state index is 11.9. The van der Waals surface area contributed by atoms with Gasteiger partial charge in [-0.1, -0.05) is 54.6 Å². The third-order valence-corrected chi connectivity index (χ3v) is 4.02. The van der Waals surface area contributed by atoms with Gasteiger partial charge in [0.2, 0.25) is 0 Å². The number of nitrogens with one attached hydrogen (secondary N) is 1. The van der Waals surface area contributed by atoms with Crippen LogP contribution in [0.3, 0.4) is 0 Å². The van der Waals surface area contributed by atoms with E-state index in [4.69, 9.17) is 9.84 Å². The molecule has 0 aromatic heterocycles. The standard InChI is InChI=1S/C22H19NO4/c24-21(25)19-10-6-16(7-11-19)14-17-8-12-20(13-9-17)23-22(26)27-15-18-4-2-1-3-5-18/h1-13H,14-15H2,(H,23,26)(H,24,25). The van der Waals surface area contributed by atoms with E-state index in [0.717, 1.165) is 16.7 Å². The Kier molecular flexibility index (Phi) is 5.84. The number of ether oxygens (including phenoxy) is 1. The molecule has 5 heteroatoms. The summed E-state index contributed by atoms with van der Waals surface area (Å²) in [4.78, 5) is 22.7. The summed E-state index contributed by atoms with van der Waals surface area (Å²) in [6, 6.07) is 23.7. The zero-order chi connectivity index (χ0) is 19.1. The minimum absolute atomic E-state index is 0.219. The van der Waals surface area contributed by atoms with Crippen molar-refractivity contribution in [3.05, 3.63) is 101 Å². The molecule has 0 atom stereocenters. The van der Waals surface area contributed by atoms with Crippen LogP contribution in [0.4, 0.5) is 10.5 Å². The predicted octanol–water partition coefficient (Wildman–Crippen LogP) is 4.72. The number of benzene rings is 3. The Labute approximate surface area is 157 Å². The van der Waals surface area contributed by atoms with Gasteiger partial charge in [-0.05, 0) is 47.4 Å². The van der Waals surface area contributed by atoms with E-state index in [0.29, 0.717) is 12.1 Å². The molecule has 0 heterocycles. The Morgan fingerprint density at radius 2 is 1.37 bits per heavy atom. The molecule has 0 aliphatic heterocycles. The van der Waals surface area contributed by atoms with Crippen molar-refractivity contribution in [1.82, 2.24) is 0 Å². The number of carbonyl (C=O) groups excluding carboxylic acids is 1. The van der Waals surface area contributed by atoms with Crippen molar-refractivity contribution in [3.63, 3.8) is 0 Å². The van der Waals surface area contributed by atoms with Gasteiger partial charge in [-0.25, -0.2) is 9.59 Å². The average molecular weight is 361 g/mol. The minimum Gasteiger partial charge on any atom is -0.478 e. The Morgan fingerprint density at radius 3 is 1.96 bits per heavy atom. The summed E-state index contributed by atoms with van der Waals surface area (Å²) in [6.45, 7) is 0.219. The van der Waals surface area contributed by atoms with Gasteiger partial charge in [0.1, 0.15) is 6.61 Å². The molecular weight excluding hydrogens is 342 g/mol. The third-order valence-electron chi connectivity index (χ3n) is 4.02. The summed E-state index contributed by atoms with van der Waals surface area (Å²) in [5.41, 5.74) is 3.92. The number of aromatic carboxylic acids is 1. The Balaban J connectivity index is 1.52. The average Bonchev–Trinajstić information content (AvgIpc) is 2.69. The topological polar surface area (TPSA) is 75.6 Å². The van der Waals surface area contributed by atoms with Crippen LogP contribution >= 0.6 is 0 Å². The van der Waals surface area contributed by atoms with Crippen LogP contribution in [0.1, 0.15) is 27.0 Å². The number of hydrogen-bond donors (Lipinski definition) is 2. The molecule has 0 aliphatic carbocycles. The van der Waals surface area contributed by atoms with Crippen LogP contribution in [-0.2, 0) is 17.8 Å². The lowest BCUT2D eigenvalue weighted by Crippen LogP contribution is -2.13. The van der Waals surface area contributed by atoms with Crippen LogP contribution in [0.15, 0.2) is 78.9 Å². The smallest absolute Gasteiger partial charge is 0.411 e. The highest BCUT2D eigenvalue weighted by molar-refractivity contribution is 5.87. The lowest BCUT2D eigenvalue weighted by Gasteiger charge is -2.08. The molecule has 0 bridgehead atoms. The predicted molar refractivity (Wildman–Crippen MR) is 103 cm³/mol. The van der Waals surface area contributed by atoms with E-state index in [1.807, 2.05) is 54.6 Å². The molecule has 1 amide bonds. The molecule has 0 fully saturated rings. The number of carboxylic acid groups (broad SMARTS) is 1. The van der Waals surface area contributed by atoms with Crippen molar-refractivity contribution in [2.24, 2.45) is 0 Å². The molecule has 3 aromatic rings. The molecule has 0 unspecified atom stereocenters. The van der Waals surface area contributed by atoms with Crippen LogP contribution in [0.5, 0.6) is 0 Å². The molecule has 0 spiro atoms. The monoisotopic (exact) mass is 361 g/mol. The SMILES string of the molecule is O=C(Nc1ccc(Cc2ccc(C(=O)O)cc2)cc1)OCc1ccccc1. The van der Waals surface area contributed by atoms with Gasteiger partial charge in [0.05, 0.1) is 5.56 Å². The second kappa shape index (κ2) is 8.67. The van der Waals surface area contributed by atoms with Gasteiger partial charge in [0.25, 0.3) is 0 Å². The zero-order valence-corrected chi connectivity index (χ0v) is 14.6. The van der Waals surface area contributed by atoms with Crippen LogP contribution < -0.4 is 5.32 Å². The van der Waals surface area contributed by atoms with Gasteiger partial charge in [-0.15, -0.1) is 0 Å². The summed E-state index contributed by atoms with van der Waals surface area (Å²) in [5, 5.41) is 11.6. The minimum atomic E-state index is -0.934. The van der Waals surface area contributed by atoms with Crippen molar-refractivity contribution in [2.75, 3.05) is 5.32 Å². The first-order valence-electron chi connectivity index (χ1n) is 8.49. The van der Waals surface area contributed by atoms with Gasteiger partial charge in [0, 0.05) is 5.69 Å². The quantitative estimate of drug-likeness (QED) is 0.666. The molecule has 0 aliphatic rings. The second-order valence-corrected chi connectivity index (χ2v) is 6.06. The summed E-state index contributed by atoms with van der Waals surface area (Å²) < 4.78 is 5.19. The molecule has 3 aromatic carbocycles. The Bertz CT molecular complexity index is 903. The number of rotatable bonds is 6. The molecule has 2 N–H and O–H groups in total. The molecule has 27 heavy (non-hydrogen) atoms. The van der Waals surface area contributed by atoms with E-state index >= 15 is 0 Å². The van der Waals surface area contributed by atoms with E-state index in [-0.39, 0.29) is 12.2 Å². The lowest BCUT2D eigenvalue weighted by atomic mass is 10.0. The number of anilines is 1. The molecular formula is C22H19NO4. The zero-order valence-electron chi connectivity index (χ0n) is 14.6. The van der Waals surface area contributed by atoms with E-state index in [2.05, 4.69) is 5.32 Å². The largest absolute Gasteiger partial charge is 0.478 e. The molecule has 3 rings (SSSR count). The summed E-state index contributed by atoms with van der Waals surface area (Å²) in [7, 11) is 0. The molecule has 5 nitrogen and oxygen atoms in total. The van der Waals surface area contributed by atoms with Gasteiger partial charge in [-0.2, -0.15) is 0 Å². The number of hydrogen-bond acceptors (Lipinski definition) is 3. The molecule has 0 saturated heterocycles. The fraction of sp³-hybridized carbons (Fsp3) is 0.0909. The second-order valence-electron chi connectivity index (χ2n) is 6.06. The highest BCUT2D eigenvalue weighted by Crippen LogP contribution is 2.15. The third kappa shape index (κ3) is 5.44. The first kappa shape index (κ1) is 18.2. The maximum Gasteiger partial charge on any atom is 0.411 e. The first-order valence-corrected chi connectivity index (χ1v) is 8.49. The summed E-state index contributed by atoms with van der Waals surface area (Å²) in [6.07, 6.45) is 0.175. The number of carbonyl (C=O) groups is 2. The maximum absolute atomic E-state index is 11.9. The Hall–Kier alpha value is -3.60. The van der Waals surface area contributed by atoms with Crippen LogP contribution in [-0.4, -0.2) is 17.2 Å². The molecule has 136 valence electrons. The van der Waals surface area contributed by atoms with E-state index in [1.54, 1.807) is 24.3 Å². The van der Waals surface area contributed by atoms with Gasteiger partial charge in [-0.3, -0.25) is 5.32 Å². The molecule has 0 saturated carbocycles. The van der Waals surface area contributed by atoms with Crippen molar-refractivity contribution in [1.29, 1.82) is 0 Å².